The Labute approximate surface area is 97.5 Å². The van der Waals surface area contributed by atoms with Crippen LogP contribution in [0.4, 0.5) is 5.82 Å². The number of hydrogen-bond donors (Lipinski definition) is 2. The van der Waals surface area contributed by atoms with Crippen molar-refractivity contribution in [3.63, 3.8) is 0 Å². The molecule has 0 aliphatic carbocycles. The van der Waals surface area contributed by atoms with Crippen molar-refractivity contribution >= 4 is 5.82 Å². The van der Waals surface area contributed by atoms with E-state index in [0.717, 1.165) is 11.1 Å². The summed E-state index contributed by atoms with van der Waals surface area (Å²) in [6, 6.07) is 6.74. The van der Waals surface area contributed by atoms with Gasteiger partial charge in [0.1, 0.15) is 5.82 Å². The van der Waals surface area contributed by atoms with Crippen LogP contribution in [0.3, 0.4) is 0 Å². The first-order chi connectivity index (χ1) is 7.99. The molecule has 0 spiro atoms. The Kier molecular flexibility index (Phi) is 2.59. The van der Waals surface area contributed by atoms with E-state index in [1.807, 2.05) is 26.0 Å². The summed E-state index contributed by atoms with van der Waals surface area (Å²) in [6.07, 6.45) is 0. The molecule has 1 aromatic heterocycles. The number of anilines is 1. The van der Waals surface area contributed by atoms with Gasteiger partial charge in [-0.05, 0) is 37.1 Å². The fraction of sp³-hybridized carbons (Fsp3) is 0.167. The van der Waals surface area contributed by atoms with Gasteiger partial charge in [-0.1, -0.05) is 6.07 Å². The summed E-state index contributed by atoms with van der Waals surface area (Å²) < 4.78 is 1.27. The van der Waals surface area contributed by atoms with Gasteiger partial charge in [0.15, 0.2) is 0 Å². The Morgan fingerprint density at radius 1 is 1.12 bits per heavy atom. The van der Waals surface area contributed by atoms with E-state index in [1.54, 1.807) is 6.07 Å². The minimum Gasteiger partial charge on any atom is -0.385 e. The van der Waals surface area contributed by atoms with Gasteiger partial charge in [-0.25, -0.2) is 9.36 Å². The van der Waals surface area contributed by atoms with E-state index in [1.165, 1.54) is 10.6 Å². The smallest absolute Gasteiger partial charge is 0.334 e. The van der Waals surface area contributed by atoms with Gasteiger partial charge in [0, 0.05) is 6.07 Å². The molecule has 2 aromatic rings. The second-order valence-electron chi connectivity index (χ2n) is 3.97. The molecule has 0 saturated heterocycles. The van der Waals surface area contributed by atoms with Crippen LogP contribution in [0.2, 0.25) is 0 Å². The normalized spacial score (nSPS) is 10.5. The van der Waals surface area contributed by atoms with Crippen molar-refractivity contribution in [2.45, 2.75) is 13.8 Å². The molecule has 0 bridgehead atoms. The SMILES string of the molecule is Cc1ccc(-n2c(N)cc(=O)[nH]c2=O)cc1C. The molecule has 0 radical (unpaired) electrons. The van der Waals surface area contributed by atoms with Gasteiger partial charge < -0.3 is 5.73 Å². The molecule has 2 rings (SSSR count). The predicted molar refractivity (Wildman–Crippen MR) is 66.5 cm³/mol. The van der Waals surface area contributed by atoms with E-state index < -0.39 is 11.2 Å². The van der Waals surface area contributed by atoms with Crippen molar-refractivity contribution in [3.05, 3.63) is 56.2 Å². The number of nitrogens with zero attached hydrogens (tertiary/aromatic N) is 1. The molecule has 0 aliphatic rings. The molecule has 1 aromatic carbocycles. The van der Waals surface area contributed by atoms with Gasteiger partial charge in [0.05, 0.1) is 5.69 Å². The highest BCUT2D eigenvalue weighted by atomic mass is 16.2. The number of aromatic nitrogens is 2. The monoisotopic (exact) mass is 231 g/mol. The van der Waals surface area contributed by atoms with E-state index in [0.29, 0.717) is 5.69 Å². The summed E-state index contributed by atoms with van der Waals surface area (Å²) in [7, 11) is 0. The summed E-state index contributed by atoms with van der Waals surface area (Å²) in [5.74, 6) is 0.127. The zero-order valence-electron chi connectivity index (χ0n) is 9.65. The Hall–Kier alpha value is -2.30. The van der Waals surface area contributed by atoms with Crippen LogP contribution in [0, 0.1) is 13.8 Å². The van der Waals surface area contributed by atoms with Crippen molar-refractivity contribution < 1.29 is 0 Å². The average molecular weight is 231 g/mol. The van der Waals surface area contributed by atoms with Crippen LogP contribution in [0.25, 0.3) is 5.69 Å². The first kappa shape index (κ1) is 11.2. The maximum Gasteiger partial charge on any atom is 0.334 e. The summed E-state index contributed by atoms with van der Waals surface area (Å²) in [5.41, 5.74) is 7.49. The molecule has 5 heteroatoms. The third-order valence-corrected chi connectivity index (χ3v) is 2.72. The van der Waals surface area contributed by atoms with Crippen LogP contribution >= 0.6 is 0 Å². The zero-order chi connectivity index (χ0) is 12.6. The van der Waals surface area contributed by atoms with Crippen LogP contribution in [-0.4, -0.2) is 9.55 Å². The summed E-state index contributed by atoms with van der Waals surface area (Å²) >= 11 is 0. The number of H-pyrrole nitrogens is 1. The Morgan fingerprint density at radius 2 is 1.82 bits per heavy atom. The number of aromatic amines is 1. The van der Waals surface area contributed by atoms with Crippen molar-refractivity contribution in [3.8, 4) is 5.69 Å². The van der Waals surface area contributed by atoms with E-state index in [9.17, 15) is 9.59 Å². The first-order valence-electron chi connectivity index (χ1n) is 5.18. The molecule has 0 saturated carbocycles. The minimum atomic E-state index is -0.529. The lowest BCUT2D eigenvalue weighted by atomic mass is 10.1. The predicted octanol–water partition coefficient (Wildman–Crippen LogP) is 0.725. The van der Waals surface area contributed by atoms with Crippen molar-refractivity contribution in [2.75, 3.05) is 5.73 Å². The average Bonchev–Trinajstić information content (AvgIpc) is 2.21. The molecule has 0 amide bonds. The Balaban J connectivity index is 2.73. The first-order valence-corrected chi connectivity index (χ1v) is 5.18. The lowest BCUT2D eigenvalue weighted by Gasteiger charge is -2.10. The number of hydrogen-bond acceptors (Lipinski definition) is 3. The fourth-order valence-corrected chi connectivity index (χ4v) is 1.64. The van der Waals surface area contributed by atoms with Crippen LogP contribution in [0.1, 0.15) is 11.1 Å². The molecule has 0 fully saturated rings. The molecule has 0 aliphatic heterocycles. The topological polar surface area (TPSA) is 80.9 Å². The van der Waals surface area contributed by atoms with E-state index in [-0.39, 0.29) is 5.82 Å². The zero-order valence-corrected chi connectivity index (χ0v) is 9.65. The number of aryl methyl sites for hydroxylation is 2. The van der Waals surface area contributed by atoms with Crippen LogP contribution in [0.5, 0.6) is 0 Å². The van der Waals surface area contributed by atoms with E-state index in [2.05, 4.69) is 4.98 Å². The van der Waals surface area contributed by atoms with Crippen molar-refractivity contribution in [1.29, 1.82) is 0 Å². The summed E-state index contributed by atoms with van der Waals surface area (Å²) in [5, 5.41) is 0. The number of nitrogens with two attached hydrogens (primary N) is 1. The van der Waals surface area contributed by atoms with Gasteiger partial charge in [0.2, 0.25) is 0 Å². The third kappa shape index (κ3) is 1.99. The fourth-order valence-electron chi connectivity index (χ4n) is 1.64. The molecular formula is C12H13N3O2. The highest BCUT2D eigenvalue weighted by Gasteiger charge is 2.06. The largest absolute Gasteiger partial charge is 0.385 e. The van der Waals surface area contributed by atoms with Gasteiger partial charge in [-0.15, -0.1) is 0 Å². The van der Waals surface area contributed by atoms with Gasteiger partial charge in [-0.3, -0.25) is 9.78 Å². The molecule has 3 N–H and O–H groups in total. The Bertz CT molecular complexity index is 683. The number of nitrogens with one attached hydrogen (secondary N) is 1. The second kappa shape index (κ2) is 3.93. The van der Waals surface area contributed by atoms with Crippen LogP contribution in [0.15, 0.2) is 33.9 Å². The minimum absolute atomic E-state index is 0.127. The highest BCUT2D eigenvalue weighted by Crippen LogP contribution is 2.14. The van der Waals surface area contributed by atoms with Crippen molar-refractivity contribution in [1.82, 2.24) is 9.55 Å². The maximum absolute atomic E-state index is 11.7. The van der Waals surface area contributed by atoms with Gasteiger partial charge in [0.25, 0.3) is 5.56 Å². The second-order valence-corrected chi connectivity index (χ2v) is 3.97. The van der Waals surface area contributed by atoms with Crippen LogP contribution in [-0.2, 0) is 0 Å². The van der Waals surface area contributed by atoms with Gasteiger partial charge >= 0.3 is 5.69 Å². The molecule has 17 heavy (non-hydrogen) atoms. The summed E-state index contributed by atoms with van der Waals surface area (Å²) in [4.78, 5) is 24.9. The molecule has 88 valence electrons. The quantitative estimate of drug-likeness (QED) is 0.759. The number of rotatable bonds is 1. The molecule has 0 unspecified atom stereocenters. The van der Waals surface area contributed by atoms with E-state index >= 15 is 0 Å². The molecule has 5 nitrogen and oxygen atoms in total. The lowest BCUT2D eigenvalue weighted by molar-refractivity contribution is 0.907. The van der Waals surface area contributed by atoms with Gasteiger partial charge in [-0.2, -0.15) is 0 Å². The molecular weight excluding hydrogens is 218 g/mol. The third-order valence-electron chi connectivity index (χ3n) is 2.72. The number of benzene rings is 1. The Morgan fingerprint density at radius 3 is 2.41 bits per heavy atom. The maximum atomic E-state index is 11.7. The standard InChI is InChI=1S/C12H13N3O2/c1-7-3-4-9(5-8(7)2)15-10(13)6-11(16)14-12(15)17/h3-6H,13H2,1-2H3,(H,14,16,17). The van der Waals surface area contributed by atoms with Crippen LogP contribution < -0.4 is 17.0 Å². The molecule has 1 heterocycles. The lowest BCUT2D eigenvalue weighted by Crippen LogP contribution is -2.30. The summed E-state index contributed by atoms with van der Waals surface area (Å²) in [6.45, 7) is 3.93. The number of nitrogen functional groups attached to an aromatic ring is 1. The highest BCUT2D eigenvalue weighted by molar-refractivity contribution is 5.45. The molecule has 0 atom stereocenters. The van der Waals surface area contributed by atoms with E-state index in [4.69, 9.17) is 5.73 Å². The van der Waals surface area contributed by atoms with Crippen molar-refractivity contribution in [2.24, 2.45) is 0 Å².